The first-order valence-corrected chi connectivity index (χ1v) is 9.42. The Morgan fingerprint density at radius 1 is 1.19 bits per heavy atom. The summed E-state index contributed by atoms with van der Waals surface area (Å²) >= 11 is 2.38. The molecule has 6 unspecified atom stereocenters. The van der Waals surface area contributed by atoms with Gasteiger partial charge in [-0.15, -0.1) is 0 Å². The van der Waals surface area contributed by atoms with E-state index in [0.29, 0.717) is 23.2 Å². The van der Waals surface area contributed by atoms with Gasteiger partial charge in [0.05, 0.1) is 5.92 Å². The Bertz CT molecular complexity index is 336. The molecule has 2 fully saturated rings. The van der Waals surface area contributed by atoms with E-state index in [-0.39, 0.29) is 12.3 Å². The summed E-state index contributed by atoms with van der Waals surface area (Å²) in [5, 5.41) is 0. The van der Waals surface area contributed by atoms with Crippen LogP contribution >= 0.6 is 22.6 Å². The predicted molar refractivity (Wildman–Crippen MR) is 85.6 cm³/mol. The average Bonchev–Trinajstić information content (AvgIpc) is 2.66. The Morgan fingerprint density at radius 3 is 2.57 bits per heavy atom. The molecule has 2 saturated carbocycles. The van der Waals surface area contributed by atoms with Gasteiger partial charge in [0, 0.05) is 9.84 Å². The number of fused-ring (bicyclic) bond motifs is 1. The molecule has 2 rings (SSSR count). The number of alkyl halides is 5. The van der Waals surface area contributed by atoms with Gasteiger partial charge in [0.1, 0.15) is 12.3 Å². The van der Waals surface area contributed by atoms with Gasteiger partial charge in [-0.3, -0.25) is 0 Å². The molecule has 0 aromatic rings. The lowest BCUT2D eigenvalue weighted by molar-refractivity contribution is -0.127. The second kappa shape index (κ2) is 7.35. The lowest BCUT2D eigenvalue weighted by Gasteiger charge is -2.34. The van der Waals surface area contributed by atoms with Gasteiger partial charge in [0.25, 0.3) is 5.92 Å². The van der Waals surface area contributed by atoms with E-state index >= 15 is 0 Å². The lowest BCUT2D eigenvalue weighted by atomic mass is 9.78. The van der Waals surface area contributed by atoms with Gasteiger partial charge < -0.3 is 0 Å². The highest BCUT2D eigenvalue weighted by molar-refractivity contribution is 14.1. The normalized spacial score (nSPS) is 40.0. The van der Waals surface area contributed by atoms with E-state index in [4.69, 9.17) is 0 Å². The molecule has 0 N–H and O–H groups in total. The first kappa shape index (κ1) is 17.8. The Kier molecular flexibility index (Phi) is 6.23. The molecule has 6 atom stereocenters. The van der Waals surface area contributed by atoms with Crippen LogP contribution in [0.4, 0.5) is 17.6 Å². The number of hydrogen-bond acceptors (Lipinski definition) is 0. The first-order chi connectivity index (χ1) is 9.87. The van der Waals surface area contributed by atoms with Gasteiger partial charge in [-0.2, -0.15) is 0 Å². The fourth-order valence-electron chi connectivity index (χ4n) is 4.14. The molecule has 2 aliphatic carbocycles. The predicted octanol–water partition coefficient (Wildman–Crippen LogP) is 6.12. The molecule has 0 heterocycles. The summed E-state index contributed by atoms with van der Waals surface area (Å²) in [5.41, 5.74) is 0. The first-order valence-electron chi connectivity index (χ1n) is 8.17. The van der Waals surface area contributed by atoms with Crippen molar-refractivity contribution in [3.63, 3.8) is 0 Å². The minimum absolute atomic E-state index is 0.109. The molecule has 0 amide bonds. The molecule has 0 aliphatic heterocycles. The van der Waals surface area contributed by atoms with Crippen LogP contribution in [0.25, 0.3) is 0 Å². The Balaban J connectivity index is 1.90. The Morgan fingerprint density at radius 2 is 1.90 bits per heavy atom. The second-order valence-electron chi connectivity index (χ2n) is 6.75. The average molecular weight is 420 g/mol. The fraction of sp³-hybridized carbons (Fsp3) is 1.00. The van der Waals surface area contributed by atoms with E-state index < -0.39 is 30.1 Å². The van der Waals surface area contributed by atoms with Crippen molar-refractivity contribution in [3.05, 3.63) is 0 Å². The zero-order valence-corrected chi connectivity index (χ0v) is 14.7. The van der Waals surface area contributed by atoms with Crippen molar-refractivity contribution in [3.8, 4) is 0 Å². The fourth-order valence-corrected chi connectivity index (χ4v) is 5.20. The lowest BCUT2D eigenvalue weighted by Crippen LogP contribution is -2.44. The van der Waals surface area contributed by atoms with Crippen LogP contribution in [0.15, 0.2) is 0 Å². The topological polar surface area (TPSA) is 0 Å². The van der Waals surface area contributed by atoms with Crippen molar-refractivity contribution in [2.24, 2.45) is 17.8 Å². The van der Waals surface area contributed by atoms with E-state index in [0.717, 1.165) is 25.7 Å². The third-order valence-corrected chi connectivity index (χ3v) is 6.50. The summed E-state index contributed by atoms with van der Waals surface area (Å²) in [6.07, 6.45) is 1.63. The maximum atomic E-state index is 14.4. The molecule has 0 aromatic carbocycles. The maximum absolute atomic E-state index is 14.4. The zero-order chi connectivity index (χ0) is 15.6. The number of halogens is 5. The van der Waals surface area contributed by atoms with Crippen molar-refractivity contribution in [2.75, 3.05) is 0 Å². The second-order valence-corrected chi connectivity index (χ2v) is 8.51. The monoisotopic (exact) mass is 420 g/mol. The SMILES string of the molecule is CCCC(I)CCCC1CC2CCC(F)C(F)C2C1(F)F. The highest BCUT2D eigenvalue weighted by Crippen LogP contribution is 2.56. The van der Waals surface area contributed by atoms with Crippen LogP contribution in [-0.2, 0) is 0 Å². The molecular formula is C16H25F4I. The van der Waals surface area contributed by atoms with E-state index in [2.05, 4.69) is 29.5 Å². The molecule has 0 spiro atoms. The van der Waals surface area contributed by atoms with E-state index in [9.17, 15) is 17.6 Å². The van der Waals surface area contributed by atoms with Crippen LogP contribution in [0.5, 0.6) is 0 Å². The summed E-state index contributed by atoms with van der Waals surface area (Å²) in [5.74, 6) is -5.47. The quantitative estimate of drug-likeness (QED) is 0.276. The van der Waals surface area contributed by atoms with Crippen molar-refractivity contribution in [1.82, 2.24) is 0 Å². The van der Waals surface area contributed by atoms with Crippen molar-refractivity contribution in [1.29, 1.82) is 0 Å². The maximum Gasteiger partial charge on any atom is 0.256 e. The largest absolute Gasteiger partial charge is 0.256 e. The van der Waals surface area contributed by atoms with Crippen LogP contribution < -0.4 is 0 Å². The summed E-state index contributed by atoms with van der Waals surface area (Å²) in [6.45, 7) is 2.12. The molecule has 124 valence electrons. The van der Waals surface area contributed by atoms with Crippen molar-refractivity contribution >= 4 is 22.6 Å². The third kappa shape index (κ3) is 3.86. The van der Waals surface area contributed by atoms with Crippen LogP contribution in [0.2, 0.25) is 0 Å². The van der Waals surface area contributed by atoms with Crippen LogP contribution in [0.1, 0.15) is 58.3 Å². The highest BCUT2D eigenvalue weighted by atomic mass is 127. The van der Waals surface area contributed by atoms with Crippen LogP contribution in [-0.4, -0.2) is 22.2 Å². The summed E-state index contributed by atoms with van der Waals surface area (Å²) < 4.78 is 56.7. The number of rotatable bonds is 6. The molecule has 0 nitrogen and oxygen atoms in total. The van der Waals surface area contributed by atoms with E-state index in [1.54, 1.807) is 0 Å². The van der Waals surface area contributed by atoms with Crippen LogP contribution in [0, 0.1) is 17.8 Å². The van der Waals surface area contributed by atoms with Gasteiger partial charge >= 0.3 is 0 Å². The minimum atomic E-state index is -3.03. The smallest absolute Gasteiger partial charge is 0.244 e. The molecular weight excluding hydrogens is 395 g/mol. The Hall–Kier alpha value is 0.450. The zero-order valence-electron chi connectivity index (χ0n) is 12.5. The number of hydrogen-bond donors (Lipinski definition) is 0. The van der Waals surface area contributed by atoms with Gasteiger partial charge in [0.15, 0.2) is 0 Å². The third-order valence-electron chi connectivity index (χ3n) is 5.26. The molecule has 2 aliphatic rings. The summed E-state index contributed by atoms with van der Waals surface area (Å²) in [6, 6.07) is 0. The van der Waals surface area contributed by atoms with E-state index in [1.165, 1.54) is 0 Å². The van der Waals surface area contributed by atoms with Crippen LogP contribution in [0.3, 0.4) is 0 Å². The molecule has 0 saturated heterocycles. The standard InChI is InChI=1S/C16H25F4I/c1-2-4-12(21)6-3-5-11-9-10-7-8-13(17)15(18)14(10)16(11,19)20/h10-15H,2-9H2,1H3. The van der Waals surface area contributed by atoms with Crippen molar-refractivity contribution in [2.45, 2.75) is 80.5 Å². The summed E-state index contributed by atoms with van der Waals surface area (Å²) in [7, 11) is 0. The highest BCUT2D eigenvalue weighted by Gasteiger charge is 2.62. The van der Waals surface area contributed by atoms with Gasteiger partial charge in [-0.05, 0) is 44.4 Å². The van der Waals surface area contributed by atoms with Crippen molar-refractivity contribution < 1.29 is 17.6 Å². The summed E-state index contributed by atoms with van der Waals surface area (Å²) in [4.78, 5) is 0. The van der Waals surface area contributed by atoms with Gasteiger partial charge in [-0.1, -0.05) is 42.4 Å². The molecule has 21 heavy (non-hydrogen) atoms. The minimum Gasteiger partial charge on any atom is -0.244 e. The molecule has 0 bridgehead atoms. The molecule has 0 radical (unpaired) electrons. The Labute approximate surface area is 138 Å². The van der Waals surface area contributed by atoms with Gasteiger partial charge in [0.2, 0.25) is 0 Å². The molecule has 5 heteroatoms. The molecule has 0 aromatic heterocycles. The van der Waals surface area contributed by atoms with Gasteiger partial charge in [-0.25, -0.2) is 17.6 Å². The van der Waals surface area contributed by atoms with E-state index in [1.807, 2.05) is 0 Å².